The van der Waals surface area contributed by atoms with E-state index in [2.05, 4.69) is 12.6 Å². The first-order valence-corrected chi connectivity index (χ1v) is 7.37. The maximum absolute atomic E-state index is 9.59. The summed E-state index contributed by atoms with van der Waals surface area (Å²) in [6.07, 6.45) is 0. The zero-order chi connectivity index (χ0) is 7.71. The van der Waals surface area contributed by atoms with Crippen LogP contribution in [-0.4, -0.2) is 43.3 Å². The first-order chi connectivity index (χ1) is 3.81. The SMILES string of the molecule is C[AsH]C(C)([AsH2])C(C)(C)O. The second-order valence-corrected chi connectivity index (χ2v) is 11.2. The molecule has 9 heavy (non-hydrogen) atoms. The van der Waals surface area contributed by atoms with Crippen molar-refractivity contribution in [2.45, 2.75) is 35.1 Å². The van der Waals surface area contributed by atoms with Gasteiger partial charge in [0, 0.05) is 0 Å². The summed E-state index contributed by atoms with van der Waals surface area (Å²) in [4.78, 5) is 0. The molecule has 0 aromatic heterocycles. The van der Waals surface area contributed by atoms with Gasteiger partial charge in [-0.3, -0.25) is 0 Å². The van der Waals surface area contributed by atoms with Crippen molar-refractivity contribution in [1.29, 1.82) is 0 Å². The Hall–Kier alpha value is 1.08. The van der Waals surface area contributed by atoms with Gasteiger partial charge in [-0.05, 0) is 0 Å². The Balaban J connectivity index is 4.14. The topological polar surface area (TPSA) is 20.2 Å². The Bertz CT molecular complexity index is 93.7. The van der Waals surface area contributed by atoms with E-state index in [1.54, 1.807) is 16.9 Å². The van der Waals surface area contributed by atoms with Crippen LogP contribution in [0.5, 0.6) is 0 Å². The molecule has 0 heterocycles. The minimum atomic E-state index is -0.470. The second kappa shape index (κ2) is 2.99. The zero-order valence-electron chi connectivity index (χ0n) is 6.52. The summed E-state index contributed by atoms with van der Waals surface area (Å²) in [5.41, 5.74) is 1.77. The molecule has 0 spiro atoms. The van der Waals surface area contributed by atoms with Gasteiger partial charge in [0.2, 0.25) is 0 Å². The van der Waals surface area contributed by atoms with Crippen LogP contribution in [0.2, 0.25) is 8.70 Å². The molecule has 0 aromatic carbocycles. The molecule has 0 aliphatic rings. The predicted molar refractivity (Wildman–Crippen MR) is 46.2 cm³/mol. The monoisotopic (exact) mass is 254 g/mol. The molecule has 3 heteroatoms. The number of rotatable bonds is 2. The van der Waals surface area contributed by atoms with Crippen molar-refractivity contribution in [3.63, 3.8) is 0 Å². The van der Waals surface area contributed by atoms with Crippen LogP contribution in [-0.2, 0) is 0 Å². The number of hydrogen-bond donors (Lipinski definition) is 1. The van der Waals surface area contributed by atoms with Crippen LogP contribution in [0.4, 0.5) is 0 Å². The minimum absolute atomic E-state index is 0.0278. The Kier molecular flexibility index (Phi) is 3.35. The van der Waals surface area contributed by atoms with Gasteiger partial charge >= 0.3 is 72.8 Å². The van der Waals surface area contributed by atoms with E-state index in [0.29, 0.717) is 0 Å². The van der Waals surface area contributed by atoms with Gasteiger partial charge in [0.15, 0.2) is 0 Å². The summed E-state index contributed by atoms with van der Waals surface area (Å²) < 4.78 is 0.222. The zero-order valence-corrected chi connectivity index (χ0v) is 11.0. The molecule has 0 fully saturated rings. The van der Waals surface area contributed by atoms with Gasteiger partial charge in [0.25, 0.3) is 0 Å². The van der Waals surface area contributed by atoms with Crippen molar-refractivity contribution in [2.24, 2.45) is 0 Å². The van der Waals surface area contributed by atoms with Crippen molar-refractivity contribution >= 4 is 32.6 Å². The molecule has 0 rings (SSSR count). The number of aliphatic hydroxyl groups is 1. The molecule has 0 saturated heterocycles. The molecule has 1 N–H and O–H groups in total. The number of hydrogen-bond acceptors (Lipinski definition) is 1. The van der Waals surface area contributed by atoms with Crippen LogP contribution >= 0.6 is 0 Å². The molecule has 0 amide bonds. The van der Waals surface area contributed by atoms with Gasteiger partial charge < -0.3 is 0 Å². The molecule has 0 aromatic rings. The fourth-order valence-electron chi connectivity index (χ4n) is 0.306. The first-order valence-electron chi connectivity index (χ1n) is 3.01. The molecule has 3 unspecified atom stereocenters. The van der Waals surface area contributed by atoms with Crippen molar-refractivity contribution in [3.05, 3.63) is 0 Å². The van der Waals surface area contributed by atoms with Crippen molar-refractivity contribution in [3.8, 4) is 0 Å². The van der Waals surface area contributed by atoms with Gasteiger partial charge in [-0.15, -0.1) is 0 Å². The van der Waals surface area contributed by atoms with Crippen LogP contribution in [0.1, 0.15) is 20.8 Å². The summed E-state index contributed by atoms with van der Waals surface area (Å²) in [5, 5.41) is 9.59. The van der Waals surface area contributed by atoms with E-state index in [1.165, 1.54) is 0 Å². The third kappa shape index (κ3) is 2.66. The van der Waals surface area contributed by atoms with E-state index in [1.807, 2.05) is 13.8 Å². The van der Waals surface area contributed by atoms with Crippen LogP contribution < -0.4 is 0 Å². The summed E-state index contributed by atoms with van der Waals surface area (Å²) in [5.74, 6) is 0. The van der Waals surface area contributed by atoms with Crippen molar-refractivity contribution in [2.75, 3.05) is 0 Å². The van der Waals surface area contributed by atoms with Gasteiger partial charge in [-0.1, -0.05) is 0 Å². The van der Waals surface area contributed by atoms with Gasteiger partial charge in [-0.2, -0.15) is 0 Å². The van der Waals surface area contributed by atoms with Crippen molar-refractivity contribution in [1.82, 2.24) is 0 Å². The summed E-state index contributed by atoms with van der Waals surface area (Å²) in [6, 6.07) is 0. The van der Waals surface area contributed by atoms with Crippen LogP contribution in [0.25, 0.3) is 0 Å². The molecule has 0 aliphatic heterocycles. The summed E-state index contributed by atoms with van der Waals surface area (Å²) in [7, 11) is 0. The molecule has 56 valence electrons. The fraction of sp³-hybridized carbons (Fsp3) is 1.00. The first kappa shape index (κ1) is 10.1. The second-order valence-electron chi connectivity index (χ2n) is 3.01. The molecule has 0 saturated carbocycles. The standard InChI is InChI=1S/C6H16As2O/c1-5(2,9)6(3,7)8-4/h8-9H,7H2,1-4H3. The molecule has 0 aliphatic carbocycles. The Morgan fingerprint density at radius 2 is 1.67 bits per heavy atom. The summed E-state index contributed by atoms with van der Waals surface area (Å²) in [6.45, 7) is 5.97. The van der Waals surface area contributed by atoms with Crippen LogP contribution in [0.15, 0.2) is 0 Å². The normalized spacial score (nSPS) is 20.7. The molecule has 0 radical (unpaired) electrons. The van der Waals surface area contributed by atoms with E-state index in [0.717, 1.165) is 0 Å². The van der Waals surface area contributed by atoms with Crippen LogP contribution in [0, 0.1) is 0 Å². The third-order valence-corrected chi connectivity index (χ3v) is 9.88. The average molecular weight is 254 g/mol. The van der Waals surface area contributed by atoms with E-state index in [4.69, 9.17) is 0 Å². The third-order valence-electron chi connectivity index (χ3n) is 1.79. The van der Waals surface area contributed by atoms with Crippen molar-refractivity contribution < 1.29 is 5.11 Å². The van der Waals surface area contributed by atoms with E-state index in [-0.39, 0.29) is 18.7 Å². The quantitative estimate of drug-likeness (QED) is 0.688. The molecule has 0 bridgehead atoms. The Morgan fingerprint density at radius 1 is 1.33 bits per heavy atom. The molecule has 1 nitrogen and oxygen atoms in total. The average Bonchev–Trinajstić information content (AvgIpc) is 1.64. The Labute approximate surface area is 72.8 Å². The van der Waals surface area contributed by atoms with Crippen LogP contribution in [0.3, 0.4) is 0 Å². The summed E-state index contributed by atoms with van der Waals surface area (Å²) >= 11 is 1.70. The van der Waals surface area contributed by atoms with E-state index < -0.39 is 5.60 Å². The predicted octanol–water partition coefficient (Wildman–Crippen LogP) is 0.0111. The van der Waals surface area contributed by atoms with E-state index >= 15 is 0 Å². The van der Waals surface area contributed by atoms with E-state index in [9.17, 15) is 5.11 Å². The Morgan fingerprint density at radius 3 is 1.67 bits per heavy atom. The molecular weight excluding hydrogens is 238 g/mol. The molecule has 3 atom stereocenters. The van der Waals surface area contributed by atoms with Gasteiger partial charge in [0.05, 0.1) is 0 Å². The van der Waals surface area contributed by atoms with Gasteiger partial charge in [-0.25, -0.2) is 0 Å². The maximum atomic E-state index is 9.59. The molecular formula is C6H16As2O. The van der Waals surface area contributed by atoms with Gasteiger partial charge in [0.1, 0.15) is 0 Å². The fourth-order valence-corrected chi connectivity index (χ4v) is 1.59.